The van der Waals surface area contributed by atoms with E-state index in [1.165, 1.54) is 24.1 Å². The van der Waals surface area contributed by atoms with Gasteiger partial charge in [-0.25, -0.2) is 9.18 Å². The number of hydrogen-bond donors (Lipinski definition) is 2. The standard InChI is InChI=1S/C12H14BrFN2O3/c1-16(5-4-11(17)18)12(19)15-7-8-6-9(14)2-3-10(8)13/h2-3,6H,4-5,7H2,1H3,(H,15,19)(H,17,18). The van der Waals surface area contributed by atoms with Crippen LogP contribution < -0.4 is 5.32 Å². The van der Waals surface area contributed by atoms with Gasteiger partial charge in [0.15, 0.2) is 0 Å². The summed E-state index contributed by atoms with van der Waals surface area (Å²) >= 11 is 3.26. The second-order valence-corrected chi connectivity index (χ2v) is 4.81. The van der Waals surface area contributed by atoms with Crippen molar-refractivity contribution >= 4 is 27.9 Å². The van der Waals surface area contributed by atoms with Crippen LogP contribution in [0.2, 0.25) is 0 Å². The Morgan fingerprint density at radius 2 is 2.16 bits per heavy atom. The maximum absolute atomic E-state index is 13.0. The van der Waals surface area contributed by atoms with E-state index in [4.69, 9.17) is 5.11 Å². The minimum atomic E-state index is -0.965. The van der Waals surface area contributed by atoms with Crippen molar-refractivity contribution in [2.24, 2.45) is 0 Å². The van der Waals surface area contributed by atoms with Gasteiger partial charge in [0, 0.05) is 24.6 Å². The molecule has 0 aliphatic heterocycles. The predicted molar refractivity (Wildman–Crippen MR) is 71.2 cm³/mol. The summed E-state index contributed by atoms with van der Waals surface area (Å²) in [6.07, 6.45) is -0.117. The van der Waals surface area contributed by atoms with Crippen molar-refractivity contribution in [3.8, 4) is 0 Å². The van der Waals surface area contributed by atoms with Crippen molar-refractivity contribution in [1.82, 2.24) is 10.2 Å². The van der Waals surface area contributed by atoms with Gasteiger partial charge in [-0.3, -0.25) is 4.79 Å². The zero-order chi connectivity index (χ0) is 14.4. The Morgan fingerprint density at radius 3 is 2.79 bits per heavy atom. The molecule has 0 heterocycles. The van der Waals surface area contributed by atoms with Crippen LogP contribution in [-0.2, 0) is 11.3 Å². The quantitative estimate of drug-likeness (QED) is 0.868. The number of nitrogens with one attached hydrogen (secondary N) is 1. The number of carboxylic acids is 1. The molecule has 0 saturated heterocycles. The van der Waals surface area contributed by atoms with Crippen molar-refractivity contribution < 1.29 is 19.1 Å². The summed E-state index contributed by atoms with van der Waals surface area (Å²) < 4.78 is 13.7. The Balaban J connectivity index is 2.49. The fraction of sp³-hybridized carbons (Fsp3) is 0.333. The first-order chi connectivity index (χ1) is 8.90. The number of rotatable bonds is 5. The van der Waals surface area contributed by atoms with Gasteiger partial charge in [-0.15, -0.1) is 0 Å². The minimum absolute atomic E-state index is 0.117. The Morgan fingerprint density at radius 1 is 1.47 bits per heavy atom. The van der Waals surface area contributed by atoms with Crippen LogP contribution >= 0.6 is 15.9 Å². The third kappa shape index (κ3) is 5.25. The topological polar surface area (TPSA) is 69.6 Å². The molecule has 2 N–H and O–H groups in total. The number of carboxylic acid groups (broad SMARTS) is 1. The molecule has 0 bridgehead atoms. The molecule has 0 aliphatic rings. The summed E-state index contributed by atoms with van der Waals surface area (Å²) in [5.74, 6) is -1.35. The third-order valence-electron chi connectivity index (χ3n) is 2.45. The highest BCUT2D eigenvalue weighted by Crippen LogP contribution is 2.17. The van der Waals surface area contributed by atoms with E-state index < -0.39 is 12.0 Å². The smallest absolute Gasteiger partial charge is 0.317 e. The fourth-order valence-corrected chi connectivity index (χ4v) is 1.74. The summed E-state index contributed by atoms with van der Waals surface area (Å²) in [6, 6.07) is 3.79. The van der Waals surface area contributed by atoms with Crippen molar-refractivity contribution in [1.29, 1.82) is 0 Å². The Hall–Kier alpha value is -1.63. The molecule has 7 heteroatoms. The van der Waals surface area contributed by atoms with Gasteiger partial charge in [-0.2, -0.15) is 0 Å². The molecule has 2 amide bonds. The van der Waals surface area contributed by atoms with E-state index in [1.807, 2.05) is 0 Å². The molecule has 0 radical (unpaired) electrons. The molecule has 0 unspecified atom stereocenters. The number of benzene rings is 1. The lowest BCUT2D eigenvalue weighted by Gasteiger charge is -2.17. The first kappa shape index (κ1) is 15.4. The maximum Gasteiger partial charge on any atom is 0.317 e. The minimum Gasteiger partial charge on any atom is -0.481 e. The van der Waals surface area contributed by atoms with Crippen LogP contribution in [0.1, 0.15) is 12.0 Å². The van der Waals surface area contributed by atoms with Crippen LogP contribution in [0.25, 0.3) is 0 Å². The molecule has 19 heavy (non-hydrogen) atoms. The lowest BCUT2D eigenvalue weighted by Crippen LogP contribution is -2.38. The molecule has 0 aromatic heterocycles. The first-order valence-electron chi connectivity index (χ1n) is 5.55. The number of aliphatic carboxylic acids is 1. The van der Waals surface area contributed by atoms with Crippen LogP contribution in [0.15, 0.2) is 22.7 Å². The number of nitrogens with zero attached hydrogens (tertiary/aromatic N) is 1. The fourth-order valence-electron chi connectivity index (χ4n) is 1.35. The van der Waals surface area contributed by atoms with Crippen LogP contribution in [0, 0.1) is 5.82 Å². The largest absolute Gasteiger partial charge is 0.481 e. The van der Waals surface area contributed by atoms with Crippen molar-refractivity contribution in [2.45, 2.75) is 13.0 Å². The molecule has 0 spiro atoms. The van der Waals surface area contributed by atoms with Gasteiger partial charge >= 0.3 is 12.0 Å². The summed E-state index contributed by atoms with van der Waals surface area (Å²) in [5.41, 5.74) is 0.611. The number of amides is 2. The number of halogens is 2. The van der Waals surface area contributed by atoms with Crippen LogP contribution in [-0.4, -0.2) is 35.6 Å². The Kier molecular flexibility index (Phi) is 5.75. The normalized spacial score (nSPS) is 10.1. The highest BCUT2D eigenvalue weighted by Gasteiger charge is 2.10. The average Bonchev–Trinajstić information content (AvgIpc) is 2.36. The molecule has 0 atom stereocenters. The molecule has 5 nitrogen and oxygen atoms in total. The van der Waals surface area contributed by atoms with Gasteiger partial charge in [-0.1, -0.05) is 15.9 Å². The van der Waals surface area contributed by atoms with Crippen molar-refractivity contribution in [3.05, 3.63) is 34.1 Å². The summed E-state index contributed by atoms with van der Waals surface area (Å²) in [7, 11) is 1.50. The SMILES string of the molecule is CN(CCC(=O)O)C(=O)NCc1cc(F)ccc1Br. The molecule has 1 aromatic carbocycles. The maximum atomic E-state index is 13.0. The zero-order valence-electron chi connectivity index (χ0n) is 10.3. The van der Waals surface area contributed by atoms with Gasteiger partial charge in [0.05, 0.1) is 6.42 Å². The van der Waals surface area contributed by atoms with E-state index in [-0.39, 0.29) is 25.3 Å². The van der Waals surface area contributed by atoms with Gasteiger partial charge in [0.2, 0.25) is 0 Å². The second-order valence-electron chi connectivity index (χ2n) is 3.96. The molecule has 1 rings (SSSR count). The van der Waals surface area contributed by atoms with Gasteiger partial charge in [0.1, 0.15) is 5.82 Å². The summed E-state index contributed by atoms with van der Waals surface area (Å²) in [6.45, 7) is 0.278. The van der Waals surface area contributed by atoms with E-state index in [2.05, 4.69) is 21.2 Å². The number of carbonyl (C=O) groups is 2. The van der Waals surface area contributed by atoms with E-state index in [9.17, 15) is 14.0 Å². The highest BCUT2D eigenvalue weighted by atomic mass is 79.9. The first-order valence-corrected chi connectivity index (χ1v) is 6.34. The monoisotopic (exact) mass is 332 g/mol. The Labute approximate surface area is 118 Å². The highest BCUT2D eigenvalue weighted by molar-refractivity contribution is 9.10. The average molecular weight is 333 g/mol. The molecule has 0 aliphatic carbocycles. The van der Waals surface area contributed by atoms with E-state index >= 15 is 0 Å². The lowest BCUT2D eigenvalue weighted by atomic mass is 10.2. The van der Waals surface area contributed by atoms with Gasteiger partial charge < -0.3 is 15.3 Å². The van der Waals surface area contributed by atoms with Gasteiger partial charge in [-0.05, 0) is 23.8 Å². The van der Waals surface area contributed by atoms with E-state index in [1.54, 1.807) is 6.07 Å². The van der Waals surface area contributed by atoms with Crippen molar-refractivity contribution in [3.63, 3.8) is 0 Å². The second kappa shape index (κ2) is 7.08. The molecule has 0 fully saturated rings. The van der Waals surface area contributed by atoms with Crippen LogP contribution in [0.4, 0.5) is 9.18 Å². The molecule has 104 valence electrons. The van der Waals surface area contributed by atoms with Crippen LogP contribution in [0.5, 0.6) is 0 Å². The summed E-state index contributed by atoms with van der Waals surface area (Å²) in [5, 5.41) is 11.1. The third-order valence-corrected chi connectivity index (χ3v) is 3.22. The molecule has 0 saturated carbocycles. The van der Waals surface area contributed by atoms with Crippen LogP contribution in [0.3, 0.4) is 0 Å². The zero-order valence-corrected chi connectivity index (χ0v) is 11.9. The van der Waals surface area contributed by atoms with E-state index in [0.29, 0.717) is 10.0 Å². The summed E-state index contributed by atoms with van der Waals surface area (Å²) in [4.78, 5) is 23.3. The molecule has 1 aromatic rings. The predicted octanol–water partition coefficient (Wildman–Crippen LogP) is 2.20. The van der Waals surface area contributed by atoms with Crippen molar-refractivity contribution in [2.75, 3.05) is 13.6 Å². The number of hydrogen-bond acceptors (Lipinski definition) is 2. The molecular formula is C12H14BrFN2O3. The number of carbonyl (C=O) groups excluding carboxylic acids is 1. The Bertz CT molecular complexity index is 482. The lowest BCUT2D eigenvalue weighted by molar-refractivity contribution is -0.137. The van der Waals surface area contributed by atoms with E-state index in [0.717, 1.165) is 0 Å². The number of urea groups is 1. The molecular weight excluding hydrogens is 319 g/mol. The van der Waals surface area contributed by atoms with Gasteiger partial charge in [0.25, 0.3) is 0 Å².